The van der Waals surface area contributed by atoms with Gasteiger partial charge in [0.1, 0.15) is 0 Å². The van der Waals surface area contributed by atoms with Crippen LogP contribution in [0.5, 0.6) is 0 Å². The Labute approximate surface area is 127 Å². The molecule has 0 fully saturated rings. The average molecular weight is 288 g/mol. The fraction of sp³-hybridized carbons (Fsp3) is 0.333. The first-order valence-corrected chi connectivity index (χ1v) is 7.59. The van der Waals surface area contributed by atoms with Crippen molar-refractivity contribution in [1.82, 2.24) is 0 Å². The average Bonchev–Trinajstić information content (AvgIpc) is 2.44. The molecule has 0 aliphatic heterocycles. The summed E-state index contributed by atoms with van der Waals surface area (Å²) < 4.78 is 0. The minimum atomic E-state index is 0.267. The lowest BCUT2D eigenvalue weighted by Crippen LogP contribution is -2.07. The molecule has 0 amide bonds. The molecule has 2 aromatic carbocycles. The Morgan fingerprint density at radius 2 is 1.80 bits per heavy atom. The minimum absolute atomic E-state index is 0.267. The molecule has 0 aliphatic carbocycles. The smallest absolute Gasteiger partial charge is 0.0485 e. The predicted molar refractivity (Wildman–Crippen MR) is 88.7 cm³/mol. The molecule has 0 bridgehead atoms. The molecule has 2 aromatic rings. The highest BCUT2D eigenvalue weighted by Gasteiger charge is 2.07. The summed E-state index contributed by atoms with van der Waals surface area (Å²) in [4.78, 5) is 0. The van der Waals surface area contributed by atoms with Crippen molar-refractivity contribution in [2.24, 2.45) is 0 Å². The Morgan fingerprint density at radius 1 is 1.10 bits per heavy atom. The summed E-state index contributed by atoms with van der Waals surface area (Å²) in [5.41, 5.74) is 5.01. The lowest BCUT2D eigenvalue weighted by Gasteiger charge is -2.18. The lowest BCUT2D eigenvalue weighted by atomic mass is 10.0. The van der Waals surface area contributed by atoms with E-state index in [2.05, 4.69) is 50.4 Å². The van der Waals surface area contributed by atoms with Crippen LogP contribution in [0.25, 0.3) is 0 Å². The van der Waals surface area contributed by atoms with Crippen molar-refractivity contribution in [3.8, 4) is 0 Å². The highest BCUT2D eigenvalue weighted by atomic mass is 35.5. The molecule has 0 spiro atoms. The highest BCUT2D eigenvalue weighted by molar-refractivity contribution is 6.30. The normalized spacial score (nSPS) is 12.2. The molecule has 1 N–H and O–H groups in total. The number of benzene rings is 2. The van der Waals surface area contributed by atoms with Gasteiger partial charge in [0.2, 0.25) is 0 Å². The summed E-state index contributed by atoms with van der Waals surface area (Å²) in [6.07, 6.45) is 2.34. The van der Waals surface area contributed by atoms with Gasteiger partial charge in [-0.1, -0.05) is 55.3 Å². The third-order valence-electron chi connectivity index (χ3n) is 3.59. The van der Waals surface area contributed by atoms with Crippen LogP contribution < -0.4 is 5.32 Å². The Bertz CT molecular complexity index is 560. The fourth-order valence-electron chi connectivity index (χ4n) is 2.33. The molecular weight excluding hydrogens is 266 g/mol. The predicted octanol–water partition coefficient (Wildman–Crippen LogP) is 5.77. The minimum Gasteiger partial charge on any atom is -0.378 e. The van der Waals surface area contributed by atoms with Crippen molar-refractivity contribution in [3.05, 3.63) is 64.2 Å². The van der Waals surface area contributed by atoms with Gasteiger partial charge in [-0.05, 0) is 49.1 Å². The second kappa shape index (κ2) is 6.81. The largest absolute Gasteiger partial charge is 0.378 e. The molecule has 0 radical (unpaired) electrons. The summed E-state index contributed by atoms with van der Waals surface area (Å²) in [5, 5.41) is 4.30. The van der Waals surface area contributed by atoms with Gasteiger partial charge in [-0.25, -0.2) is 0 Å². The molecular formula is C18H22ClN. The molecule has 106 valence electrons. The second-order valence-corrected chi connectivity index (χ2v) is 5.75. The first kappa shape index (κ1) is 14.9. The van der Waals surface area contributed by atoms with E-state index in [0.29, 0.717) is 0 Å². The monoisotopic (exact) mass is 287 g/mol. The maximum absolute atomic E-state index is 6.06. The van der Waals surface area contributed by atoms with Crippen LogP contribution >= 0.6 is 11.6 Å². The number of anilines is 1. The summed E-state index contributed by atoms with van der Waals surface area (Å²) in [6.45, 7) is 6.48. The van der Waals surface area contributed by atoms with Crippen molar-refractivity contribution < 1.29 is 0 Å². The van der Waals surface area contributed by atoms with Crippen LogP contribution in [0.1, 0.15) is 43.0 Å². The Kier molecular flexibility index (Phi) is 5.08. The molecule has 1 nitrogen and oxygen atoms in total. The van der Waals surface area contributed by atoms with Crippen LogP contribution in [0, 0.1) is 6.92 Å². The van der Waals surface area contributed by atoms with Crippen LogP contribution in [-0.2, 0) is 6.42 Å². The fourth-order valence-corrected chi connectivity index (χ4v) is 2.50. The van der Waals surface area contributed by atoms with Crippen LogP contribution in [0.15, 0.2) is 42.5 Å². The lowest BCUT2D eigenvalue weighted by molar-refractivity contribution is 0.874. The van der Waals surface area contributed by atoms with Gasteiger partial charge in [-0.15, -0.1) is 0 Å². The Hall–Kier alpha value is -1.47. The first-order valence-electron chi connectivity index (χ1n) is 7.21. The van der Waals surface area contributed by atoms with E-state index in [-0.39, 0.29) is 6.04 Å². The van der Waals surface area contributed by atoms with Gasteiger partial charge in [0, 0.05) is 16.8 Å². The summed E-state index contributed by atoms with van der Waals surface area (Å²) >= 11 is 6.06. The number of rotatable bonds is 5. The van der Waals surface area contributed by atoms with Crippen LogP contribution in [0.4, 0.5) is 5.69 Å². The number of hydrogen-bond acceptors (Lipinski definition) is 1. The zero-order chi connectivity index (χ0) is 14.5. The van der Waals surface area contributed by atoms with E-state index in [1.54, 1.807) is 0 Å². The highest BCUT2D eigenvalue weighted by Crippen LogP contribution is 2.25. The van der Waals surface area contributed by atoms with E-state index in [1.807, 2.05) is 18.2 Å². The standard InChI is InChI=1S/C18H22ClN/c1-4-5-15-7-9-16(10-8-15)14(3)20-18-12-17(19)11-6-13(18)2/h6-12,14,20H,4-5H2,1-3H3. The number of hydrogen-bond donors (Lipinski definition) is 1. The maximum Gasteiger partial charge on any atom is 0.0485 e. The third-order valence-corrected chi connectivity index (χ3v) is 3.83. The quantitative estimate of drug-likeness (QED) is 0.735. The van der Waals surface area contributed by atoms with Gasteiger partial charge >= 0.3 is 0 Å². The first-order chi connectivity index (χ1) is 9.60. The third kappa shape index (κ3) is 3.77. The van der Waals surface area contributed by atoms with E-state index in [1.165, 1.54) is 23.1 Å². The van der Waals surface area contributed by atoms with Gasteiger partial charge < -0.3 is 5.32 Å². The van der Waals surface area contributed by atoms with Crippen LogP contribution in [0.3, 0.4) is 0 Å². The zero-order valence-corrected chi connectivity index (χ0v) is 13.2. The van der Waals surface area contributed by atoms with Crippen LogP contribution in [0.2, 0.25) is 5.02 Å². The molecule has 0 saturated heterocycles. The van der Waals surface area contributed by atoms with Crippen molar-refractivity contribution in [2.45, 2.75) is 39.7 Å². The molecule has 2 heteroatoms. The summed E-state index contributed by atoms with van der Waals surface area (Å²) in [5.74, 6) is 0. The van der Waals surface area contributed by atoms with E-state index in [9.17, 15) is 0 Å². The molecule has 1 unspecified atom stereocenters. The van der Waals surface area contributed by atoms with E-state index < -0.39 is 0 Å². The number of aryl methyl sites for hydroxylation is 2. The van der Waals surface area contributed by atoms with Gasteiger partial charge in [-0.2, -0.15) is 0 Å². The SMILES string of the molecule is CCCc1ccc(C(C)Nc2cc(Cl)ccc2C)cc1. The Morgan fingerprint density at radius 3 is 2.45 bits per heavy atom. The van der Waals surface area contributed by atoms with Gasteiger partial charge in [0.25, 0.3) is 0 Å². The topological polar surface area (TPSA) is 12.0 Å². The van der Waals surface area contributed by atoms with Crippen LogP contribution in [-0.4, -0.2) is 0 Å². The van der Waals surface area contributed by atoms with E-state index >= 15 is 0 Å². The molecule has 20 heavy (non-hydrogen) atoms. The summed E-state index contributed by atoms with van der Waals surface area (Å²) in [7, 11) is 0. The van der Waals surface area contributed by atoms with Gasteiger partial charge in [-0.3, -0.25) is 0 Å². The van der Waals surface area contributed by atoms with Gasteiger partial charge in [0.05, 0.1) is 0 Å². The van der Waals surface area contributed by atoms with Crippen molar-refractivity contribution in [3.63, 3.8) is 0 Å². The molecule has 0 heterocycles. The molecule has 0 aromatic heterocycles. The molecule has 0 saturated carbocycles. The number of halogens is 1. The second-order valence-electron chi connectivity index (χ2n) is 5.32. The van der Waals surface area contributed by atoms with Crippen molar-refractivity contribution in [2.75, 3.05) is 5.32 Å². The maximum atomic E-state index is 6.06. The Balaban J connectivity index is 2.11. The number of nitrogens with one attached hydrogen (secondary N) is 1. The van der Waals surface area contributed by atoms with E-state index in [0.717, 1.165) is 17.1 Å². The van der Waals surface area contributed by atoms with Crippen molar-refractivity contribution >= 4 is 17.3 Å². The molecule has 1 atom stereocenters. The summed E-state index contributed by atoms with van der Waals surface area (Å²) in [6, 6.07) is 15.1. The van der Waals surface area contributed by atoms with Gasteiger partial charge in [0.15, 0.2) is 0 Å². The van der Waals surface area contributed by atoms with Crippen molar-refractivity contribution in [1.29, 1.82) is 0 Å². The molecule has 2 rings (SSSR count). The van der Waals surface area contributed by atoms with E-state index in [4.69, 9.17) is 11.6 Å². The molecule has 0 aliphatic rings. The zero-order valence-electron chi connectivity index (χ0n) is 12.4.